The molecule has 0 radical (unpaired) electrons. The highest BCUT2D eigenvalue weighted by Crippen LogP contribution is 2.20. The summed E-state index contributed by atoms with van der Waals surface area (Å²) in [6, 6.07) is 0. The highest BCUT2D eigenvalue weighted by Gasteiger charge is 2.12. The summed E-state index contributed by atoms with van der Waals surface area (Å²) in [6.07, 6.45) is 15.3. The van der Waals surface area contributed by atoms with Gasteiger partial charge in [0, 0.05) is 6.42 Å². The maximum atomic E-state index is 10.8. The van der Waals surface area contributed by atoms with Crippen LogP contribution in [0.3, 0.4) is 0 Å². The highest BCUT2D eigenvalue weighted by atomic mass is 16.4. The van der Waals surface area contributed by atoms with Gasteiger partial charge in [-0.05, 0) is 31.6 Å². The van der Waals surface area contributed by atoms with Crippen molar-refractivity contribution in [3.63, 3.8) is 0 Å². The molecule has 18 heavy (non-hydrogen) atoms. The zero-order chi connectivity index (χ0) is 13.6. The van der Waals surface area contributed by atoms with Gasteiger partial charge in [-0.3, -0.25) is 4.79 Å². The molecule has 0 bridgehead atoms. The normalized spacial score (nSPS) is 12.7. The van der Waals surface area contributed by atoms with Crippen LogP contribution in [-0.4, -0.2) is 11.1 Å². The van der Waals surface area contributed by atoms with Gasteiger partial charge in [-0.1, -0.05) is 57.4 Å². The maximum absolute atomic E-state index is 10.8. The lowest BCUT2D eigenvalue weighted by molar-refractivity contribution is -0.138. The van der Waals surface area contributed by atoms with Gasteiger partial charge in [-0.25, -0.2) is 0 Å². The smallest absolute Gasteiger partial charge is 0.303 e. The number of carbonyl (C=O) groups is 1. The topological polar surface area (TPSA) is 37.3 Å². The molecule has 0 saturated heterocycles. The van der Waals surface area contributed by atoms with Gasteiger partial charge in [0.1, 0.15) is 0 Å². The van der Waals surface area contributed by atoms with Crippen LogP contribution >= 0.6 is 0 Å². The minimum absolute atomic E-state index is 0.331. The standard InChI is InChI=1S/C16H28O2/c1-3-5-7-9-11-13-15(14-16(17)18)12-10-8-6-4-2/h3,5,7,15H,1,4,6,8-14H2,2H3,(H,17,18)/b7-5-. The van der Waals surface area contributed by atoms with Crippen molar-refractivity contribution in [1.29, 1.82) is 0 Å². The van der Waals surface area contributed by atoms with Crippen LogP contribution in [0.2, 0.25) is 0 Å². The van der Waals surface area contributed by atoms with Gasteiger partial charge in [0.05, 0.1) is 0 Å². The van der Waals surface area contributed by atoms with Crippen LogP contribution in [-0.2, 0) is 4.79 Å². The van der Waals surface area contributed by atoms with Crippen molar-refractivity contribution in [1.82, 2.24) is 0 Å². The molecule has 1 unspecified atom stereocenters. The van der Waals surface area contributed by atoms with Crippen LogP contribution in [0.25, 0.3) is 0 Å². The molecule has 0 fully saturated rings. The van der Waals surface area contributed by atoms with E-state index in [9.17, 15) is 4.79 Å². The summed E-state index contributed by atoms with van der Waals surface area (Å²) in [5.41, 5.74) is 0. The van der Waals surface area contributed by atoms with E-state index in [1.54, 1.807) is 6.08 Å². The minimum atomic E-state index is -0.655. The van der Waals surface area contributed by atoms with Crippen LogP contribution < -0.4 is 0 Å². The van der Waals surface area contributed by atoms with Crippen molar-refractivity contribution < 1.29 is 9.90 Å². The van der Waals surface area contributed by atoms with E-state index in [4.69, 9.17) is 5.11 Å². The Bertz CT molecular complexity index is 243. The molecule has 0 aliphatic heterocycles. The van der Waals surface area contributed by atoms with Crippen molar-refractivity contribution in [3.05, 3.63) is 24.8 Å². The molecule has 0 amide bonds. The van der Waals surface area contributed by atoms with Crippen molar-refractivity contribution >= 4 is 5.97 Å². The van der Waals surface area contributed by atoms with Gasteiger partial charge in [-0.15, -0.1) is 0 Å². The fraction of sp³-hybridized carbons (Fsp3) is 0.688. The number of hydrogen-bond donors (Lipinski definition) is 1. The van der Waals surface area contributed by atoms with Crippen molar-refractivity contribution in [2.45, 2.75) is 64.7 Å². The molecule has 0 spiro atoms. The lowest BCUT2D eigenvalue weighted by Crippen LogP contribution is -2.08. The summed E-state index contributed by atoms with van der Waals surface area (Å²) in [4.78, 5) is 10.8. The Balaban J connectivity index is 3.79. The second-order valence-corrected chi connectivity index (χ2v) is 4.91. The van der Waals surface area contributed by atoms with Crippen molar-refractivity contribution in [2.24, 2.45) is 5.92 Å². The van der Waals surface area contributed by atoms with E-state index in [1.807, 2.05) is 6.08 Å². The number of carboxylic acid groups (broad SMARTS) is 1. The molecule has 0 rings (SSSR count). The Morgan fingerprint density at radius 1 is 1.22 bits per heavy atom. The van der Waals surface area contributed by atoms with Crippen LogP contribution in [0.1, 0.15) is 64.7 Å². The first-order valence-corrected chi connectivity index (χ1v) is 7.20. The zero-order valence-corrected chi connectivity index (χ0v) is 11.7. The summed E-state index contributed by atoms with van der Waals surface area (Å²) in [7, 11) is 0. The monoisotopic (exact) mass is 252 g/mol. The highest BCUT2D eigenvalue weighted by molar-refractivity contribution is 5.66. The second kappa shape index (κ2) is 12.4. The fourth-order valence-corrected chi connectivity index (χ4v) is 2.17. The van der Waals surface area contributed by atoms with E-state index in [-0.39, 0.29) is 0 Å². The first-order valence-electron chi connectivity index (χ1n) is 7.20. The van der Waals surface area contributed by atoms with Gasteiger partial charge in [0.15, 0.2) is 0 Å². The largest absolute Gasteiger partial charge is 0.481 e. The van der Waals surface area contributed by atoms with Gasteiger partial charge in [0.2, 0.25) is 0 Å². The van der Waals surface area contributed by atoms with Gasteiger partial charge in [0.25, 0.3) is 0 Å². The maximum Gasteiger partial charge on any atom is 0.303 e. The molecule has 0 aromatic carbocycles. The van der Waals surface area contributed by atoms with Gasteiger partial charge in [-0.2, -0.15) is 0 Å². The molecular weight excluding hydrogens is 224 g/mol. The Morgan fingerprint density at radius 2 is 1.94 bits per heavy atom. The van der Waals surface area contributed by atoms with Crippen LogP contribution in [0, 0.1) is 5.92 Å². The molecule has 0 saturated carbocycles. The molecule has 1 atom stereocenters. The third kappa shape index (κ3) is 11.4. The molecule has 2 heteroatoms. The fourth-order valence-electron chi connectivity index (χ4n) is 2.17. The lowest BCUT2D eigenvalue weighted by atomic mass is 9.92. The Labute approximate surface area is 112 Å². The summed E-state index contributed by atoms with van der Waals surface area (Å²) >= 11 is 0. The molecule has 2 nitrogen and oxygen atoms in total. The molecule has 0 aliphatic carbocycles. The zero-order valence-electron chi connectivity index (χ0n) is 11.7. The summed E-state index contributed by atoms with van der Waals surface area (Å²) in [5, 5.41) is 8.90. The third-order valence-electron chi connectivity index (χ3n) is 3.18. The van der Waals surface area contributed by atoms with Crippen molar-refractivity contribution in [2.75, 3.05) is 0 Å². The Hall–Kier alpha value is -1.05. The average molecular weight is 252 g/mol. The number of rotatable bonds is 12. The van der Waals surface area contributed by atoms with Gasteiger partial charge < -0.3 is 5.11 Å². The summed E-state index contributed by atoms with van der Waals surface area (Å²) < 4.78 is 0. The molecule has 1 N–H and O–H groups in total. The Morgan fingerprint density at radius 3 is 2.56 bits per heavy atom. The number of aliphatic carboxylic acids is 1. The third-order valence-corrected chi connectivity index (χ3v) is 3.18. The molecule has 0 aromatic rings. The van der Waals surface area contributed by atoms with Gasteiger partial charge >= 0.3 is 5.97 Å². The quantitative estimate of drug-likeness (QED) is 0.394. The van der Waals surface area contributed by atoms with E-state index in [2.05, 4.69) is 19.6 Å². The molecule has 0 aromatic heterocycles. The first-order chi connectivity index (χ1) is 8.70. The lowest BCUT2D eigenvalue weighted by Gasteiger charge is -2.14. The van der Waals surface area contributed by atoms with Crippen LogP contribution in [0.4, 0.5) is 0 Å². The molecule has 0 heterocycles. The Kier molecular flexibility index (Phi) is 11.7. The molecule has 104 valence electrons. The summed E-state index contributed by atoms with van der Waals surface area (Å²) in [6.45, 7) is 5.82. The number of unbranched alkanes of at least 4 members (excludes halogenated alkanes) is 4. The van der Waals surface area contributed by atoms with Crippen molar-refractivity contribution in [3.8, 4) is 0 Å². The van der Waals surface area contributed by atoms with E-state index in [1.165, 1.54) is 25.7 Å². The molecule has 0 aliphatic rings. The predicted molar refractivity (Wildman–Crippen MR) is 77.7 cm³/mol. The average Bonchev–Trinajstić information content (AvgIpc) is 2.33. The predicted octanol–water partition coefficient (Wildman–Crippen LogP) is 4.96. The first kappa shape index (κ1) is 16.9. The van der Waals surface area contributed by atoms with Crippen LogP contribution in [0.5, 0.6) is 0 Å². The van der Waals surface area contributed by atoms with E-state index in [0.29, 0.717) is 12.3 Å². The molecular formula is C16H28O2. The number of allylic oxidation sites excluding steroid dienone is 3. The van der Waals surface area contributed by atoms with E-state index in [0.717, 1.165) is 25.7 Å². The second-order valence-electron chi connectivity index (χ2n) is 4.91. The SMILES string of the molecule is C=C/C=C\CCCC(CCCCCC)CC(=O)O. The van der Waals surface area contributed by atoms with Crippen LogP contribution in [0.15, 0.2) is 24.8 Å². The minimum Gasteiger partial charge on any atom is -0.481 e. The van der Waals surface area contributed by atoms with E-state index < -0.39 is 5.97 Å². The number of hydrogen-bond acceptors (Lipinski definition) is 1. The van der Waals surface area contributed by atoms with E-state index >= 15 is 0 Å². The number of carboxylic acids is 1. The summed E-state index contributed by atoms with van der Waals surface area (Å²) in [5.74, 6) is -0.298.